The fourth-order valence-electron chi connectivity index (χ4n) is 3.02. The van der Waals surface area contributed by atoms with Gasteiger partial charge in [0.15, 0.2) is 5.84 Å². The fourth-order valence-corrected chi connectivity index (χ4v) is 5.40. The van der Waals surface area contributed by atoms with Crippen molar-refractivity contribution in [2.24, 2.45) is 10.9 Å². The molecule has 1 heterocycles. The number of nitrogens with two attached hydrogens (primary N) is 1. The second kappa shape index (κ2) is 9.99. The van der Waals surface area contributed by atoms with Gasteiger partial charge in [0.25, 0.3) is 0 Å². The lowest BCUT2D eigenvalue weighted by Crippen LogP contribution is -2.31. The molecule has 3 N–H and O–H groups in total. The van der Waals surface area contributed by atoms with Crippen molar-refractivity contribution in [3.05, 3.63) is 64.7 Å². The molecular weight excluding hydrogens is 436 g/mol. The summed E-state index contributed by atoms with van der Waals surface area (Å²) in [7, 11) is -3.47. The SMILES string of the molecule is CCCS(=O)(=O)NC(Cc1cccc(C(N)=NOC(C)=O)c1)c1nc2ccccc2s1. The number of benzene rings is 2. The summed E-state index contributed by atoms with van der Waals surface area (Å²) in [6, 6.07) is 14.3. The summed E-state index contributed by atoms with van der Waals surface area (Å²) in [5, 5.41) is 4.30. The second-order valence-corrected chi connectivity index (χ2v) is 9.91. The summed E-state index contributed by atoms with van der Waals surface area (Å²) in [5.74, 6) is -0.475. The minimum absolute atomic E-state index is 0.0381. The van der Waals surface area contributed by atoms with Crippen LogP contribution in [0, 0.1) is 0 Å². The van der Waals surface area contributed by atoms with E-state index >= 15 is 0 Å². The number of carbonyl (C=O) groups excluding carboxylic acids is 1. The Balaban J connectivity index is 1.92. The molecule has 3 aromatic rings. The first-order valence-corrected chi connectivity index (χ1v) is 12.2. The zero-order chi connectivity index (χ0) is 22.4. The van der Waals surface area contributed by atoms with Crippen LogP contribution in [0.3, 0.4) is 0 Å². The van der Waals surface area contributed by atoms with Crippen molar-refractivity contribution in [2.45, 2.75) is 32.7 Å². The number of thiazole rings is 1. The van der Waals surface area contributed by atoms with E-state index in [1.807, 2.05) is 37.3 Å². The van der Waals surface area contributed by atoms with Crippen LogP contribution in [-0.4, -0.2) is 31.0 Å². The molecule has 0 amide bonds. The Morgan fingerprint density at radius 2 is 2.03 bits per heavy atom. The quantitative estimate of drug-likeness (QED) is 0.219. The van der Waals surface area contributed by atoms with Crippen molar-refractivity contribution in [2.75, 3.05) is 5.75 Å². The molecule has 1 atom stereocenters. The van der Waals surface area contributed by atoms with Crippen LogP contribution in [-0.2, 0) is 26.1 Å². The maximum atomic E-state index is 12.5. The predicted octanol–water partition coefficient (Wildman–Crippen LogP) is 3.09. The van der Waals surface area contributed by atoms with Gasteiger partial charge in [0.1, 0.15) is 5.01 Å². The van der Waals surface area contributed by atoms with E-state index in [0.29, 0.717) is 23.4 Å². The molecule has 0 aliphatic rings. The Bertz CT molecular complexity index is 1170. The highest BCUT2D eigenvalue weighted by Crippen LogP contribution is 2.29. The number of hydrogen-bond donors (Lipinski definition) is 2. The van der Waals surface area contributed by atoms with Crippen LogP contribution in [0.1, 0.15) is 42.4 Å². The summed E-state index contributed by atoms with van der Waals surface area (Å²) in [6.45, 7) is 3.05. The molecule has 0 aliphatic carbocycles. The van der Waals surface area contributed by atoms with Gasteiger partial charge in [-0.3, -0.25) is 0 Å². The molecule has 1 aromatic heterocycles. The van der Waals surface area contributed by atoms with Gasteiger partial charge >= 0.3 is 5.97 Å². The Labute approximate surface area is 185 Å². The van der Waals surface area contributed by atoms with Gasteiger partial charge in [0.05, 0.1) is 22.0 Å². The molecular formula is C21H24N4O4S2. The largest absolute Gasteiger partial charge is 0.380 e. The number of carbonyl (C=O) groups is 1. The highest BCUT2D eigenvalue weighted by molar-refractivity contribution is 7.89. The van der Waals surface area contributed by atoms with Gasteiger partial charge in [-0.2, -0.15) is 0 Å². The highest BCUT2D eigenvalue weighted by Gasteiger charge is 2.23. The van der Waals surface area contributed by atoms with Crippen LogP contribution in [0.2, 0.25) is 0 Å². The van der Waals surface area contributed by atoms with Crippen LogP contribution in [0.15, 0.2) is 53.7 Å². The van der Waals surface area contributed by atoms with Crippen LogP contribution in [0.25, 0.3) is 10.2 Å². The maximum absolute atomic E-state index is 12.5. The number of nitrogens with one attached hydrogen (secondary N) is 1. The van der Waals surface area contributed by atoms with Crippen molar-refractivity contribution < 1.29 is 18.0 Å². The zero-order valence-corrected chi connectivity index (χ0v) is 18.9. The molecule has 10 heteroatoms. The molecule has 0 saturated heterocycles. The molecule has 8 nitrogen and oxygen atoms in total. The molecule has 2 aromatic carbocycles. The first kappa shape index (κ1) is 22.9. The molecule has 31 heavy (non-hydrogen) atoms. The summed E-state index contributed by atoms with van der Waals surface area (Å²) in [4.78, 5) is 20.2. The summed E-state index contributed by atoms with van der Waals surface area (Å²) < 4.78 is 28.8. The zero-order valence-electron chi connectivity index (χ0n) is 17.2. The van der Waals surface area contributed by atoms with Gasteiger partial charge in [-0.1, -0.05) is 42.4 Å². The molecule has 0 spiro atoms. The minimum Gasteiger partial charge on any atom is -0.380 e. The molecule has 164 valence electrons. The topological polar surface area (TPSA) is 124 Å². The van der Waals surface area contributed by atoms with Crippen LogP contribution in [0.4, 0.5) is 0 Å². The van der Waals surface area contributed by atoms with Gasteiger partial charge in [-0.25, -0.2) is 22.9 Å². The van der Waals surface area contributed by atoms with Gasteiger partial charge in [0, 0.05) is 12.5 Å². The minimum atomic E-state index is -3.47. The lowest BCUT2D eigenvalue weighted by molar-refractivity contribution is -0.140. The van der Waals surface area contributed by atoms with Gasteiger partial charge in [0.2, 0.25) is 10.0 Å². The maximum Gasteiger partial charge on any atom is 0.332 e. The lowest BCUT2D eigenvalue weighted by Gasteiger charge is -2.17. The lowest BCUT2D eigenvalue weighted by atomic mass is 10.0. The van der Waals surface area contributed by atoms with Crippen molar-refractivity contribution in [3.63, 3.8) is 0 Å². The van der Waals surface area contributed by atoms with Crippen LogP contribution >= 0.6 is 11.3 Å². The third-order valence-electron chi connectivity index (χ3n) is 4.34. The van der Waals surface area contributed by atoms with Gasteiger partial charge < -0.3 is 10.6 Å². The smallest absolute Gasteiger partial charge is 0.332 e. The summed E-state index contributed by atoms with van der Waals surface area (Å²) in [6.07, 6.45) is 0.887. The summed E-state index contributed by atoms with van der Waals surface area (Å²) in [5.41, 5.74) is 8.13. The summed E-state index contributed by atoms with van der Waals surface area (Å²) >= 11 is 1.46. The number of rotatable bonds is 9. The van der Waals surface area contributed by atoms with E-state index in [1.165, 1.54) is 18.3 Å². The van der Waals surface area contributed by atoms with E-state index in [2.05, 4.69) is 19.7 Å². The first-order chi connectivity index (χ1) is 14.8. The Morgan fingerprint density at radius 1 is 1.26 bits per heavy atom. The number of para-hydroxylation sites is 1. The molecule has 0 saturated carbocycles. The monoisotopic (exact) mass is 460 g/mol. The van der Waals surface area contributed by atoms with Crippen LogP contribution < -0.4 is 10.5 Å². The van der Waals surface area contributed by atoms with Crippen molar-refractivity contribution >= 4 is 43.4 Å². The van der Waals surface area contributed by atoms with E-state index in [0.717, 1.165) is 15.8 Å². The Kier molecular flexibility index (Phi) is 7.37. The molecule has 0 radical (unpaired) electrons. The number of aromatic nitrogens is 1. The molecule has 0 aliphatic heterocycles. The van der Waals surface area contributed by atoms with Gasteiger partial charge in [-0.05, 0) is 36.6 Å². The normalized spacial score (nSPS) is 13.3. The van der Waals surface area contributed by atoms with E-state index < -0.39 is 22.0 Å². The Hall–Kier alpha value is -2.82. The molecule has 1 unspecified atom stereocenters. The number of amidine groups is 1. The molecule has 0 fully saturated rings. The standard InChI is InChI=1S/C21H24N4O4S2/c1-3-11-31(27,28)25-18(21-23-17-9-4-5-10-19(17)30-21)13-15-7-6-8-16(12-15)20(22)24-29-14(2)26/h4-10,12,18,25H,3,11,13H2,1-2H3,(H2,22,24). The van der Waals surface area contributed by atoms with Crippen molar-refractivity contribution in [3.8, 4) is 0 Å². The number of nitrogens with zero attached hydrogens (tertiary/aromatic N) is 2. The number of oxime groups is 1. The average Bonchev–Trinajstić information content (AvgIpc) is 3.16. The van der Waals surface area contributed by atoms with Crippen molar-refractivity contribution in [1.29, 1.82) is 0 Å². The van der Waals surface area contributed by atoms with Gasteiger partial charge in [-0.15, -0.1) is 11.3 Å². The average molecular weight is 461 g/mol. The van der Waals surface area contributed by atoms with Crippen molar-refractivity contribution in [1.82, 2.24) is 9.71 Å². The van der Waals surface area contributed by atoms with E-state index in [4.69, 9.17) is 5.73 Å². The highest BCUT2D eigenvalue weighted by atomic mass is 32.2. The predicted molar refractivity (Wildman–Crippen MR) is 122 cm³/mol. The van der Waals surface area contributed by atoms with Crippen LogP contribution in [0.5, 0.6) is 0 Å². The molecule has 0 bridgehead atoms. The van der Waals surface area contributed by atoms with E-state index in [-0.39, 0.29) is 11.6 Å². The number of fused-ring (bicyclic) bond motifs is 1. The third-order valence-corrected chi connectivity index (χ3v) is 7.08. The Morgan fingerprint density at radius 3 is 2.74 bits per heavy atom. The van der Waals surface area contributed by atoms with E-state index in [9.17, 15) is 13.2 Å². The van der Waals surface area contributed by atoms with E-state index in [1.54, 1.807) is 18.2 Å². The fraction of sp³-hybridized carbons (Fsp3) is 0.286. The second-order valence-electron chi connectivity index (χ2n) is 6.97. The first-order valence-electron chi connectivity index (χ1n) is 9.73. The molecule has 3 rings (SSSR count). The number of sulfonamides is 1. The third kappa shape index (κ3) is 6.33. The number of hydrogen-bond acceptors (Lipinski definition) is 7.